The Morgan fingerprint density at radius 1 is 1.19 bits per heavy atom. The van der Waals surface area contributed by atoms with Crippen LogP contribution in [0.4, 0.5) is 23.4 Å². The van der Waals surface area contributed by atoms with Crippen molar-refractivity contribution in [3.63, 3.8) is 0 Å². The third-order valence-electron chi connectivity index (χ3n) is 6.75. The van der Waals surface area contributed by atoms with Crippen molar-refractivity contribution in [1.29, 1.82) is 0 Å². The summed E-state index contributed by atoms with van der Waals surface area (Å²) < 4.78 is 56.1. The molecule has 2 atom stereocenters. The van der Waals surface area contributed by atoms with Crippen LogP contribution in [0.15, 0.2) is 24.5 Å². The number of fused-ring (bicyclic) bond motifs is 1. The van der Waals surface area contributed by atoms with Gasteiger partial charge >= 0.3 is 6.36 Å². The fourth-order valence-electron chi connectivity index (χ4n) is 4.87. The van der Waals surface area contributed by atoms with Gasteiger partial charge in [0.15, 0.2) is 11.6 Å². The van der Waals surface area contributed by atoms with E-state index in [9.17, 15) is 22.4 Å². The number of alkyl halides is 3. The number of rotatable bonds is 7. The molecule has 1 aromatic carbocycles. The van der Waals surface area contributed by atoms with E-state index in [0.717, 1.165) is 36.5 Å². The zero-order valence-corrected chi connectivity index (χ0v) is 20.6. The molecule has 2 aliphatic rings. The smallest absolute Gasteiger partial charge is 0.403 e. The molecule has 0 radical (unpaired) electrons. The average Bonchev–Trinajstić information content (AvgIpc) is 3.21. The van der Waals surface area contributed by atoms with Crippen LogP contribution in [0.1, 0.15) is 55.8 Å². The SMILES string of the molecule is CC(C)NCC(C(=O)N1CCN(c2ncnc3c2[C@H](C)CC3)CC1)c1ccc(F)c(OC(F)(F)F)c1. The maximum absolute atomic E-state index is 14.0. The summed E-state index contributed by atoms with van der Waals surface area (Å²) in [7, 11) is 0. The first-order valence-electron chi connectivity index (χ1n) is 12.2. The standard InChI is InChI=1S/C25H31F4N5O2/c1-15(2)30-13-18(17-5-6-19(26)21(12-17)36-25(27,28)29)24(35)34-10-8-33(9-11-34)23-22-16(3)4-7-20(22)31-14-32-23/h5-6,12,14-16,18,30H,4,7-11,13H2,1-3H3/t16-,18?/m1/s1. The van der Waals surface area contributed by atoms with Crippen molar-refractivity contribution in [1.82, 2.24) is 20.2 Å². The van der Waals surface area contributed by atoms with E-state index < -0.39 is 23.8 Å². The topological polar surface area (TPSA) is 70.6 Å². The molecule has 1 unspecified atom stereocenters. The largest absolute Gasteiger partial charge is 0.573 e. The van der Waals surface area contributed by atoms with Gasteiger partial charge in [0.25, 0.3) is 0 Å². The highest BCUT2D eigenvalue weighted by molar-refractivity contribution is 5.84. The molecular formula is C25H31F4N5O2. The maximum Gasteiger partial charge on any atom is 0.573 e. The van der Waals surface area contributed by atoms with Crippen LogP contribution >= 0.6 is 0 Å². The van der Waals surface area contributed by atoms with Gasteiger partial charge in [0, 0.05) is 50.0 Å². The monoisotopic (exact) mass is 509 g/mol. The van der Waals surface area contributed by atoms with Crippen LogP contribution < -0.4 is 15.0 Å². The Hall–Kier alpha value is -2.95. The van der Waals surface area contributed by atoms with Crippen LogP contribution in [0.3, 0.4) is 0 Å². The summed E-state index contributed by atoms with van der Waals surface area (Å²) in [6.07, 6.45) is -1.47. The van der Waals surface area contributed by atoms with E-state index in [1.165, 1.54) is 11.6 Å². The minimum atomic E-state index is -5.04. The number of benzene rings is 1. The van der Waals surface area contributed by atoms with Gasteiger partial charge in [0.2, 0.25) is 5.91 Å². The van der Waals surface area contributed by atoms with Gasteiger partial charge < -0.3 is 19.9 Å². The molecule has 0 spiro atoms. The fraction of sp³-hybridized carbons (Fsp3) is 0.560. The van der Waals surface area contributed by atoms with Gasteiger partial charge in [-0.15, -0.1) is 13.2 Å². The lowest BCUT2D eigenvalue weighted by Gasteiger charge is -2.38. The number of amides is 1. The molecule has 1 fully saturated rings. The van der Waals surface area contributed by atoms with Crippen molar-refractivity contribution in [2.24, 2.45) is 0 Å². The van der Waals surface area contributed by atoms with E-state index in [0.29, 0.717) is 32.1 Å². The fourth-order valence-corrected chi connectivity index (χ4v) is 4.87. The van der Waals surface area contributed by atoms with Crippen molar-refractivity contribution in [3.8, 4) is 5.75 Å². The Kier molecular flexibility index (Phi) is 7.67. The van der Waals surface area contributed by atoms with Gasteiger partial charge in [0.1, 0.15) is 12.1 Å². The highest BCUT2D eigenvalue weighted by atomic mass is 19.4. The highest BCUT2D eigenvalue weighted by Gasteiger charge is 2.35. The zero-order valence-electron chi connectivity index (χ0n) is 20.6. The van der Waals surface area contributed by atoms with Crippen LogP contribution in [0.25, 0.3) is 0 Å². The molecule has 1 saturated heterocycles. The van der Waals surface area contributed by atoms with Gasteiger partial charge in [-0.1, -0.05) is 26.8 Å². The molecule has 196 valence electrons. The Bertz CT molecular complexity index is 1090. The number of hydrogen-bond donors (Lipinski definition) is 1. The van der Waals surface area contributed by atoms with E-state index >= 15 is 0 Å². The summed E-state index contributed by atoms with van der Waals surface area (Å²) in [5.74, 6) is -1.80. The molecule has 4 rings (SSSR count). The number of nitrogens with one attached hydrogen (secondary N) is 1. The van der Waals surface area contributed by atoms with Crippen molar-refractivity contribution >= 4 is 11.7 Å². The second-order valence-electron chi connectivity index (χ2n) is 9.66. The molecule has 7 nitrogen and oxygen atoms in total. The van der Waals surface area contributed by atoms with Crippen molar-refractivity contribution < 1.29 is 27.1 Å². The molecule has 1 aliphatic carbocycles. The van der Waals surface area contributed by atoms with E-state index in [1.54, 1.807) is 11.2 Å². The minimum absolute atomic E-state index is 0.0466. The summed E-state index contributed by atoms with van der Waals surface area (Å²) in [5.41, 5.74) is 2.53. The molecule has 1 aromatic heterocycles. The van der Waals surface area contributed by atoms with Crippen molar-refractivity contribution in [3.05, 3.63) is 47.2 Å². The average molecular weight is 510 g/mol. The first-order valence-corrected chi connectivity index (χ1v) is 12.2. The number of carbonyl (C=O) groups excluding carboxylic acids is 1. The number of carbonyl (C=O) groups is 1. The van der Waals surface area contributed by atoms with Crippen LogP contribution in [0.2, 0.25) is 0 Å². The third-order valence-corrected chi connectivity index (χ3v) is 6.75. The predicted octanol–water partition coefficient (Wildman–Crippen LogP) is 3.99. The quantitative estimate of drug-likeness (QED) is 0.570. The summed E-state index contributed by atoms with van der Waals surface area (Å²) in [6, 6.07) is 3.26. The number of aryl methyl sites for hydroxylation is 1. The number of anilines is 1. The number of hydrogen-bond acceptors (Lipinski definition) is 6. The van der Waals surface area contributed by atoms with E-state index in [-0.39, 0.29) is 24.1 Å². The van der Waals surface area contributed by atoms with Gasteiger partial charge in [-0.05, 0) is 36.5 Å². The zero-order chi connectivity index (χ0) is 26.0. The molecule has 2 aromatic rings. The number of aromatic nitrogens is 2. The molecule has 0 saturated carbocycles. The summed E-state index contributed by atoms with van der Waals surface area (Å²) in [6.45, 7) is 8.23. The van der Waals surface area contributed by atoms with Gasteiger partial charge in [-0.25, -0.2) is 14.4 Å². The minimum Gasteiger partial charge on any atom is -0.403 e. The van der Waals surface area contributed by atoms with Gasteiger partial charge in [0.05, 0.1) is 5.92 Å². The Labute approximate surface area is 207 Å². The molecule has 1 N–H and O–H groups in total. The lowest BCUT2D eigenvalue weighted by atomic mass is 9.96. The Morgan fingerprint density at radius 2 is 1.92 bits per heavy atom. The first-order chi connectivity index (χ1) is 17.0. The van der Waals surface area contributed by atoms with Crippen molar-refractivity contribution in [2.45, 2.75) is 57.9 Å². The molecule has 1 aliphatic heterocycles. The lowest BCUT2D eigenvalue weighted by molar-refractivity contribution is -0.275. The van der Waals surface area contributed by atoms with Crippen LogP contribution in [0, 0.1) is 5.82 Å². The summed E-state index contributed by atoms with van der Waals surface area (Å²) >= 11 is 0. The van der Waals surface area contributed by atoms with E-state index in [4.69, 9.17) is 0 Å². The van der Waals surface area contributed by atoms with Crippen LogP contribution in [-0.2, 0) is 11.2 Å². The van der Waals surface area contributed by atoms with Crippen LogP contribution in [0.5, 0.6) is 5.75 Å². The molecule has 11 heteroatoms. The maximum atomic E-state index is 14.0. The number of ether oxygens (including phenoxy) is 1. The molecule has 1 amide bonds. The third kappa shape index (κ3) is 5.88. The van der Waals surface area contributed by atoms with Crippen LogP contribution in [-0.4, -0.2) is 65.9 Å². The van der Waals surface area contributed by atoms with E-state index in [1.807, 2.05) is 13.8 Å². The molecule has 2 heterocycles. The predicted molar refractivity (Wildman–Crippen MR) is 127 cm³/mol. The Balaban J connectivity index is 1.51. The number of piperazine rings is 1. The molecule has 36 heavy (non-hydrogen) atoms. The van der Waals surface area contributed by atoms with Gasteiger partial charge in [-0.2, -0.15) is 0 Å². The first kappa shape index (κ1) is 26.1. The van der Waals surface area contributed by atoms with Crippen molar-refractivity contribution in [2.75, 3.05) is 37.6 Å². The lowest BCUT2D eigenvalue weighted by Crippen LogP contribution is -2.51. The van der Waals surface area contributed by atoms with E-state index in [2.05, 4.69) is 31.8 Å². The van der Waals surface area contributed by atoms with Gasteiger partial charge in [-0.3, -0.25) is 4.79 Å². The number of nitrogens with zero attached hydrogens (tertiary/aromatic N) is 4. The summed E-state index contributed by atoms with van der Waals surface area (Å²) in [5, 5.41) is 3.18. The second kappa shape index (κ2) is 10.6. The number of halogens is 4. The molecular weight excluding hydrogens is 478 g/mol. The Morgan fingerprint density at radius 3 is 2.58 bits per heavy atom. The summed E-state index contributed by atoms with van der Waals surface area (Å²) in [4.78, 5) is 26.4. The normalized spacial score (nSPS) is 18.9. The molecule has 0 bridgehead atoms. The second-order valence-corrected chi connectivity index (χ2v) is 9.66. The highest BCUT2D eigenvalue weighted by Crippen LogP contribution is 2.37.